The molecular weight excluding hydrogens is 180 g/mol. The molecule has 3 atom stereocenters. The Labute approximate surface area is 84.3 Å². The molecule has 2 heterocycles. The summed E-state index contributed by atoms with van der Waals surface area (Å²) in [6.07, 6.45) is 2.60. The summed E-state index contributed by atoms with van der Waals surface area (Å²) in [7, 11) is 0. The average molecular weight is 198 g/mol. The van der Waals surface area contributed by atoms with E-state index >= 15 is 0 Å². The van der Waals surface area contributed by atoms with Crippen LogP contribution in [0.5, 0.6) is 0 Å². The number of amides is 1. The van der Waals surface area contributed by atoms with Gasteiger partial charge in [0.05, 0.1) is 6.04 Å². The lowest BCUT2D eigenvalue weighted by molar-refractivity contribution is 0.0455. The molecule has 80 valence electrons. The molecule has 2 aliphatic heterocycles. The van der Waals surface area contributed by atoms with Gasteiger partial charge in [-0.15, -0.1) is 0 Å². The van der Waals surface area contributed by atoms with Crippen molar-refractivity contribution in [2.45, 2.75) is 38.3 Å². The highest BCUT2D eigenvalue weighted by molar-refractivity contribution is 5.66. The molecule has 0 bridgehead atoms. The van der Waals surface area contributed by atoms with E-state index in [9.17, 15) is 4.79 Å². The Kier molecular flexibility index (Phi) is 2.63. The van der Waals surface area contributed by atoms with Crippen molar-refractivity contribution in [3.8, 4) is 0 Å². The highest BCUT2D eigenvalue weighted by Crippen LogP contribution is 2.27. The summed E-state index contributed by atoms with van der Waals surface area (Å²) in [5, 5.41) is 12.3. The van der Waals surface area contributed by atoms with Gasteiger partial charge in [-0.2, -0.15) is 0 Å². The molecule has 2 fully saturated rings. The summed E-state index contributed by atoms with van der Waals surface area (Å²) in [5.41, 5.74) is 0. The highest BCUT2D eigenvalue weighted by atomic mass is 16.4. The maximum Gasteiger partial charge on any atom is 0.407 e. The van der Waals surface area contributed by atoms with Crippen LogP contribution in [0.3, 0.4) is 0 Å². The monoisotopic (exact) mass is 198 g/mol. The molecule has 0 aromatic heterocycles. The van der Waals surface area contributed by atoms with Crippen LogP contribution < -0.4 is 5.32 Å². The van der Waals surface area contributed by atoms with E-state index in [0.29, 0.717) is 12.6 Å². The molecule has 2 aliphatic rings. The van der Waals surface area contributed by atoms with Crippen molar-refractivity contribution >= 4 is 6.09 Å². The number of rotatable bonds is 1. The van der Waals surface area contributed by atoms with Crippen LogP contribution in [0.4, 0.5) is 4.79 Å². The fourth-order valence-corrected chi connectivity index (χ4v) is 2.51. The smallest absolute Gasteiger partial charge is 0.407 e. The minimum absolute atomic E-state index is 0.232. The molecule has 1 amide bonds. The third kappa shape index (κ3) is 1.71. The first-order valence-corrected chi connectivity index (χ1v) is 5.41. The van der Waals surface area contributed by atoms with E-state index in [1.54, 1.807) is 4.90 Å². The number of piperidine rings is 1. The molecule has 4 nitrogen and oxygen atoms in total. The number of nitrogens with zero attached hydrogens (tertiary/aromatic N) is 1. The van der Waals surface area contributed by atoms with Gasteiger partial charge in [-0.1, -0.05) is 6.92 Å². The Morgan fingerprint density at radius 2 is 2.29 bits per heavy atom. The lowest BCUT2D eigenvalue weighted by Gasteiger charge is -2.46. The zero-order valence-electron chi connectivity index (χ0n) is 8.57. The zero-order valence-corrected chi connectivity index (χ0v) is 8.57. The second kappa shape index (κ2) is 3.77. The van der Waals surface area contributed by atoms with E-state index in [2.05, 4.69) is 12.2 Å². The van der Waals surface area contributed by atoms with Crippen LogP contribution in [0, 0.1) is 5.92 Å². The van der Waals surface area contributed by atoms with Crippen LogP contribution in [0.2, 0.25) is 0 Å². The van der Waals surface area contributed by atoms with Crippen molar-refractivity contribution in [1.29, 1.82) is 0 Å². The number of likely N-dealkylation sites (tertiary alicyclic amines) is 1. The maximum atomic E-state index is 10.8. The Balaban J connectivity index is 1.91. The molecule has 0 saturated carbocycles. The van der Waals surface area contributed by atoms with Crippen LogP contribution in [0.25, 0.3) is 0 Å². The van der Waals surface area contributed by atoms with Gasteiger partial charge in [0.2, 0.25) is 0 Å². The Hall–Kier alpha value is -0.770. The van der Waals surface area contributed by atoms with Crippen molar-refractivity contribution in [2.24, 2.45) is 5.92 Å². The third-order valence-electron chi connectivity index (χ3n) is 3.48. The molecule has 3 unspecified atom stereocenters. The van der Waals surface area contributed by atoms with E-state index in [-0.39, 0.29) is 6.04 Å². The summed E-state index contributed by atoms with van der Waals surface area (Å²) in [5.74, 6) is 0.734. The van der Waals surface area contributed by atoms with Crippen molar-refractivity contribution in [1.82, 2.24) is 10.2 Å². The molecule has 2 N–H and O–H groups in total. The third-order valence-corrected chi connectivity index (χ3v) is 3.48. The lowest BCUT2D eigenvalue weighted by atomic mass is 9.85. The average Bonchev–Trinajstić information content (AvgIpc) is 2.00. The van der Waals surface area contributed by atoms with Gasteiger partial charge in [0, 0.05) is 12.6 Å². The highest BCUT2D eigenvalue weighted by Gasteiger charge is 2.39. The zero-order chi connectivity index (χ0) is 10.1. The number of hydrogen-bond donors (Lipinski definition) is 2. The van der Waals surface area contributed by atoms with Gasteiger partial charge in [0.15, 0.2) is 0 Å². The molecule has 14 heavy (non-hydrogen) atoms. The summed E-state index contributed by atoms with van der Waals surface area (Å²) in [4.78, 5) is 12.4. The molecule has 0 aromatic rings. The van der Waals surface area contributed by atoms with Gasteiger partial charge >= 0.3 is 6.09 Å². The van der Waals surface area contributed by atoms with Gasteiger partial charge in [-0.3, -0.25) is 0 Å². The van der Waals surface area contributed by atoms with Crippen molar-refractivity contribution in [3.63, 3.8) is 0 Å². The molecule has 0 radical (unpaired) electrons. The van der Waals surface area contributed by atoms with E-state index in [4.69, 9.17) is 5.11 Å². The minimum Gasteiger partial charge on any atom is -0.465 e. The largest absolute Gasteiger partial charge is 0.465 e. The fraction of sp³-hybridized carbons (Fsp3) is 0.900. The molecule has 0 aliphatic carbocycles. The topological polar surface area (TPSA) is 52.6 Å². The standard InChI is InChI=1S/C10H18N2O2/c1-7-2-4-11-8(6-7)9-3-5-12(9)10(13)14/h7-9,11H,2-6H2,1H3,(H,13,14). The van der Waals surface area contributed by atoms with E-state index in [1.165, 1.54) is 6.42 Å². The van der Waals surface area contributed by atoms with Crippen LogP contribution in [-0.4, -0.2) is 41.3 Å². The van der Waals surface area contributed by atoms with Crippen LogP contribution >= 0.6 is 0 Å². The minimum atomic E-state index is -0.763. The number of carbonyl (C=O) groups is 1. The summed E-state index contributed by atoms with van der Waals surface area (Å²) >= 11 is 0. The van der Waals surface area contributed by atoms with E-state index in [1.807, 2.05) is 0 Å². The number of carboxylic acid groups (broad SMARTS) is 1. The normalized spacial score (nSPS) is 37.8. The van der Waals surface area contributed by atoms with E-state index in [0.717, 1.165) is 25.3 Å². The SMILES string of the molecule is CC1CCNC(C2CCN2C(=O)O)C1. The quantitative estimate of drug-likeness (QED) is 0.664. The summed E-state index contributed by atoms with van der Waals surface area (Å²) < 4.78 is 0. The summed E-state index contributed by atoms with van der Waals surface area (Å²) in [6, 6.07) is 0.624. The second-order valence-corrected chi connectivity index (χ2v) is 4.52. The molecule has 2 saturated heterocycles. The van der Waals surface area contributed by atoms with Crippen LogP contribution in [0.15, 0.2) is 0 Å². The first kappa shape index (κ1) is 9.77. The Morgan fingerprint density at radius 3 is 2.79 bits per heavy atom. The Morgan fingerprint density at radius 1 is 1.50 bits per heavy atom. The number of nitrogens with one attached hydrogen (secondary N) is 1. The molecule has 0 aromatic carbocycles. The van der Waals surface area contributed by atoms with Crippen molar-refractivity contribution in [2.75, 3.05) is 13.1 Å². The fourth-order valence-electron chi connectivity index (χ4n) is 2.51. The van der Waals surface area contributed by atoms with E-state index < -0.39 is 6.09 Å². The second-order valence-electron chi connectivity index (χ2n) is 4.52. The Bertz CT molecular complexity index is 232. The van der Waals surface area contributed by atoms with Crippen molar-refractivity contribution in [3.05, 3.63) is 0 Å². The van der Waals surface area contributed by atoms with Crippen LogP contribution in [0.1, 0.15) is 26.2 Å². The van der Waals surface area contributed by atoms with Gasteiger partial charge in [-0.05, 0) is 31.7 Å². The van der Waals surface area contributed by atoms with Gasteiger partial charge in [0.1, 0.15) is 0 Å². The molecule has 2 rings (SSSR count). The van der Waals surface area contributed by atoms with Crippen LogP contribution in [-0.2, 0) is 0 Å². The summed E-state index contributed by atoms with van der Waals surface area (Å²) in [6.45, 7) is 4.00. The lowest BCUT2D eigenvalue weighted by Crippen LogP contribution is -2.61. The van der Waals surface area contributed by atoms with Crippen molar-refractivity contribution < 1.29 is 9.90 Å². The van der Waals surface area contributed by atoms with Gasteiger partial charge in [-0.25, -0.2) is 4.79 Å². The van der Waals surface area contributed by atoms with Gasteiger partial charge < -0.3 is 15.3 Å². The first-order valence-electron chi connectivity index (χ1n) is 5.41. The molecule has 0 spiro atoms. The maximum absolute atomic E-state index is 10.8. The molecule has 4 heteroatoms. The molecular formula is C10H18N2O2. The van der Waals surface area contributed by atoms with Gasteiger partial charge in [0.25, 0.3) is 0 Å². The number of hydrogen-bond acceptors (Lipinski definition) is 2. The predicted octanol–water partition coefficient (Wildman–Crippen LogP) is 1.13. The predicted molar refractivity (Wildman–Crippen MR) is 53.3 cm³/mol. The first-order chi connectivity index (χ1) is 6.68.